The predicted octanol–water partition coefficient (Wildman–Crippen LogP) is 3.03. The molecule has 3 heterocycles. The molecule has 0 atom stereocenters. The first-order valence-corrected chi connectivity index (χ1v) is 11.8. The van der Waals surface area contributed by atoms with Crippen molar-refractivity contribution in [3.8, 4) is 5.75 Å². The van der Waals surface area contributed by atoms with Gasteiger partial charge in [-0.3, -0.25) is 9.69 Å². The van der Waals surface area contributed by atoms with Crippen LogP contribution in [0.25, 0.3) is 10.8 Å². The second kappa shape index (κ2) is 10.8. The summed E-state index contributed by atoms with van der Waals surface area (Å²) in [5, 5.41) is 4.95. The fourth-order valence-electron chi connectivity index (χ4n) is 4.32. The van der Waals surface area contributed by atoms with Crippen molar-refractivity contribution >= 4 is 28.2 Å². The van der Waals surface area contributed by atoms with Gasteiger partial charge >= 0.3 is 0 Å². The van der Waals surface area contributed by atoms with Gasteiger partial charge in [0.25, 0.3) is 5.91 Å². The smallest absolute Gasteiger partial charge is 0.274 e. The Morgan fingerprint density at radius 2 is 1.62 bits per heavy atom. The number of carbonyl (C=O) groups is 1. The Kier molecular flexibility index (Phi) is 7.19. The predicted molar refractivity (Wildman–Crippen MR) is 132 cm³/mol. The van der Waals surface area contributed by atoms with E-state index in [1.54, 1.807) is 6.07 Å². The monoisotopic (exact) mass is 462 g/mol. The molecule has 34 heavy (non-hydrogen) atoms. The van der Waals surface area contributed by atoms with Gasteiger partial charge in [-0.25, -0.2) is 4.98 Å². The van der Waals surface area contributed by atoms with Crippen molar-refractivity contribution in [1.82, 2.24) is 9.88 Å². The third-order valence-electron chi connectivity index (χ3n) is 6.20. The van der Waals surface area contributed by atoms with E-state index >= 15 is 0 Å². The van der Waals surface area contributed by atoms with Crippen molar-refractivity contribution in [2.45, 2.75) is 0 Å². The van der Waals surface area contributed by atoms with Crippen molar-refractivity contribution in [1.29, 1.82) is 0 Å². The van der Waals surface area contributed by atoms with Crippen molar-refractivity contribution in [2.75, 3.05) is 76.0 Å². The maximum absolute atomic E-state index is 13.1. The number of carbonyl (C=O) groups excluding carboxylic acids is 1. The molecule has 178 valence electrons. The molecule has 8 heteroatoms. The van der Waals surface area contributed by atoms with Gasteiger partial charge in [-0.15, -0.1) is 0 Å². The average molecular weight is 463 g/mol. The second-order valence-corrected chi connectivity index (χ2v) is 8.39. The summed E-state index contributed by atoms with van der Waals surface area (Å²) >= 11 is 0. The highest BCUT2D eigenvalue weighted by Crippen LogP contribution is 2.32. The number of nitrogens with one attached hydrogen (secondary N) is 1. The minimum absolute atomic E-state index is 0.235. The quantitative estimate of drug-likeness (QED) is 0.578. The molecule has 1 amide bonds. The number of benzene rings is 2. The van der Waals surface area contributed by atoms with Crippen LogP contribution in [-0.2, 0) is 9.47 Å². The van der Waals surface area contributed by atoms with E-state index in [1.807, 2.05) is 48.5 Å². The zero-order chi connectivity index (χ0) is 23.2. The van der Waals surface area contributed by atoms with Gasteiger partial charge in [-0.05, 0) is 24.3 Å². The minimum Gasteiger partial charge on any atom is -0.492 e. The Morgan fingerprint density at radius 3 is 2.41 bits per heavy atom. The van der Waals surface area contributed by atoms with Crippen molar-refractivity contribution < 1.29 is 19.0 Å². The normalized spacial score (nSPS) is 17.0. The molecular formula is C26H30N4O4. The van der Waals surface area contributed by atoms with Crippen LogP contribution in [0.3, 0.4) is 0 Å². The summed E-state index contributed by atoms with van der Waals surface area (Å²) in [4.78, 5) is 22.1. The summed E-state index contributed by atoms with van der Waals surface area (Å²) in [7, 11) is 0. The molecule has 0 saturated carbocycles. The SMILES string of the molecule is O=C(Nc1ccc(OCCN2CCOCC2)c2ccccc12)c1cccc(N2CCOCC2)n1. The van der Waals surface area contributed by atoms with Crippen LogP contribution in [-0.4, -0.2) is 81.5 Å². The largest absolute Gasteiger partial charge is 0.492 e. The van der Waals surface area contributed by atoms with Crippen LogP contribution in [0.4, 0.5) is 11.5 Å². The molecule has 0 radical (unpaired) electrons. The number of hydrogen-bond donors (Lipinski definition) is 1. The standard InChI is InChI=1S/C26H30N4O4/c31-26(23-6-3-7-25(27-23)30-13-17-33-18-14-30)28-22-8-9-24(21-5-2-1-4-20(21)22)34-19-12-29-10-15-32-16-11-29/h1-9H,10-19H2,(H,28,31). The lowest BCUT2D eigenvalue weighted by Gasteiger charge is -2.27. The number of hydrogen-bond acceptors (Lipinski definition) is 7. The Hall–Kier alpha value is -3.20. The molecule has 0 spiro atoms. The number of fused-ring (bicyclic) bond motifs is 1. The second-order valence-electron chi connectivity index (χ2n) is 8.39. The maximum Gasteiger partial charge on any atom is 0.274 e. The first kappa shape index (κ1) is 22.6. The summed E-state index contributed by atoms with van der Waals surface area (Å²) in [6.07, 6.45) is 0. The van der Waals surface area contributed by atoms with Gasteiger partial charge in [0, 0.05) is 49.2 Å². The summed E-state index contributed by atoms with van der Waals surface area (Å²) in [5.74, 6) is 1.38. The number of ether oxygens (including phenoxy) is 3. The number of aromatic nitrogens is 1. The van der Waals surface area contributed by atoms with E-state index in [0.717, 1.165) is 74.0 Å². The molecule has 0 unspecified atom stereocenters. The van der Waals surface area contributed by atoms with E-state index in [-0.39, 0.29) is 5.91 Å². The van der Waals surface area contributed by atoms with E-state index in [1.165, 1.54) is 0 Å². The molecule has 2 aliphatic heterocycles. The first-order chi connectivity index (χ1) is 16.8. The zero-order valence-corrected chi connectivity index (χ0v) is 19.2. The molecule has 2 fully saturated rings. The van der Waals surface area contributed by atoms with E-state index < -0.39 is 0 Å². The molecule has 3 aromatic rings. The minimum atomic E-state index is -0.235. The third kappa shape index (κ3) is 5.30. The van der Waals surface area contributed by atoms with Gasteiger partial charge in [-0.1, -0.05) is 30.3 Å². The highest BCUT2D eigenvalue weighted by atomic mass is 16.5. The molecule has 8 nitrogen and oxygen atoms in total. The number of amides is 1. The van der Waals surface area contributed by atoms with Gasteiger partial charge < -0.3 is 24.4 Å². The Labute approximate surface area is 199 Å². The van der Waals surface area contributed by atoms with Crippen molar-refractivity contribution in [3.63, 3.8) is 0 Å². The lowest BCUT2D eigenvalue weighted by Crippen LogP contribution is -2.38. The van der Waals surface area contributed by atoms with Gasteiger partial charge in [0.05, 0.1) is 26.4 Å². The highest BCUT2D eigenvalue weighted by Gasteiger charge is 2.16. The summed E-state index contributed by atoms with van der Waals surface area (Å²) in [6.45, 7) is 7.80. The van der Waals surface area contributed by atoms with Gasteiger partial charge in [0.2, 0.25) is 0 Å². The molecule has 5 rings (SSSR count). The maximum atomic E-state index is 13.1. The van der Waals surface area contributed by atoms with E-state index in [4.69, 9.17) is 14.2 Å². The molecule has 0 aliphatic carbocycles. The van der Waals surface area contributed by atoms with Crippen LogP contribution in [0.15, 0.2) is 54.6 Å². The Balaban J connectivity index is 1.29. The number of nitrogens with zero attached hydrogens (tertiary/aromatic N) is 3. The van der Waals surface area contributed by atoms with E-state index in [0.29, 0.717) is 25.5 Å². The highest BCUT2D eigenvalue weighted by molar-refractivity contribution is 6.09. The molecule has 2 aliphatic rings. The van der Waals surface area contributed by atoms with Crippen LogP contribution in [0, 0.1) is 0 Å². The van der Waals surface area contributed by atoms with Gasteiger partial charge in [0.15, 0.2) is 0 Å². The van der Waals surface area contributed by atoms with Gasteiger partial charge in [-0.2, -0.15) is 0 Å². The molecule has 1 aromatic heterocycles. The summed E-state index contributed by atoms with van der Waals surface area (Å²) in [6, 6.07) is 17.3. The number of anilines is 2. The van der Waals surface area contributed by atoms with Crippen LogP contribution in [0.1, 0.15) is 10.5 Å². The Bertz CT molecular complexity index is 1130. The zero-order valence-electron chi connectivity index (χ0n) is 19.2. The van der Waals surface area contributed by atoms with Crippen LogP contribution < -0.4 is 15.0 Å². The number of pyridine rings is 1. The molecule has 2 saturated heterocycles. The fourth-order valence-corrected chi connectivity index (χ4v) is 4.32. The van der Waals surface area contributed by atoms with Crippen LogP contribution >= 0.6 is 0 Å². The van der Waals surface area contributed by atoms with Crippen LogP contribution in [0.2, 0.25) is 0 Å². The van der Waals surface area contributed by atoms with Gasteiger partial charge in [0.1, 0.15) is 23.9 Å². The van der Waals surface area contributed by atoms with Crippen molar-refractivity contribution in [2.24, 2.45) is 0 Å². The average Bonchev–Trinajstić information content (AvgIpc) is 2.91. The van der Waals surface area contributed by atoms with E-state index in [9.17, 15) is 4.79 Å². The molecule has 0 bridgehead atoms. The lowest BCUT2D eigenvalue weighted by molar-refractivity contribution is 0.0323. The van der Waals surface area contributed by atoms with E-state index in [2.05, 4.69) is 20.1 Å². The fraction of sp³-hybridized carbons (Fsp3) is 0.385. The summed E-state index contributed by atoms with van der Waals surface area (Å²) in [5.41, 5.74) is 1.12. The number of morpholine rings is 2. The topological polar surface area (TPSA) is 76.2 Å². The number of rotatable bonds is 7. The Morgan fingerprint density at radius 1 is 0.882 bits per heavy atom. The molecular weight excluding hydrogens is 432 g/mol. The lowest BCUT2D eigenvalue weighted by atomic mass is 10.1. The molecule has 1 N–H and O–H groups in total. The summed E-state index contributed by atoms with van der Waals surface area (Å²) < 4.78 is 17.0. The first-order valence-electron chi connectivity index (χ1n) is 11.8. The third-order valence-corrected chi connectivity index (χ3v) is 6.20. The van der Waals surface area contributed by atoms with Crippen molar-refractivity contribution in [3.05, 3.63) is 60.3 Å². The van der Waals surface area contributed by atoms with Crippen LogP contribution in [0.5, 0.6) is 5.75 Å². The molecule has 2 aromatic carbocycles.